The third-order valence-electron chi connectivity index (χ3n) is 2.10. The number of ether oxygens (including phenoxy) is 2. The third kappa shape index (κ3) is 4.84. The average Bonchev–Trinajstić information content (AvgIpc) is 2.27. The van der Waals surface area contributed by atoms with Crippen LogP contribution >= 0.6 is 11.6 Å². The number of rotatable bonds is 7. The number of hydrogen-bond donors (Lipinski definition) is 1. The molecule has 0 aliphatic heterocycles. The quantitative estimate of drug-likeness (QED) is 0.747. The van der Waals surface area contributed by atoms with Gasteiger partial charge in [0.05, 0.1) is 30.0 Å². The van der Waals surface area contributed by atoms with Gasteiger partial charge in [-0.05, 0) is 19.1 Å². The number of halogens is 1. The minimum Gasteiger partial charge on any atom is -0.382 e. The van der Waals surface area contributed by atoms with E-state index in [2.05, 4.69) is 5.32 Å². The van der Waals surface area contributed by atoms with Crippen molar-refractivity contribution in [2.75, 3.05) is 32.2 Å². The van der Waals surface area contributed by atoms with Crippen molar-refractivity contribution in [1.82, 2.24) is 0 Å². The maximum absolute atomic E-state index is 5.99. The van der Waals surface area contributed by atoms with E-state index in [1.165, 1.54) is 0 Å². The first kappa shape index (κ1) is 13.3. The Morgan fingerprint density at radius 3 is 2.81 bits per heavy atom. The minimum absolute atomic E-state index is 0.123. The maximum Gasteiger partial charge on any atom is 0.0781 e. The van der Waals surface area contributed by atoms with Crippen LogP contribution in [0.25, 0.3) is 0 Å². The number of anilines is 1. The lowest BCUT2D eigenvalue weighted by molar-refractivity contribution is 0.0140. The summed E-state index contributed by atoms with van der Waals surface area (Å²) in [6.45, 7) is 3.97. The molecule has 0 amide bonds. The highest BCUT2D eigenvalue weighted by Crippen LogP contribution is 2.19. The molecular formula is C12H18ClNO2. The van der Waals surface area contributed by atoms with Crippen LogP contribution in [-0.4, -0.2) is 33.0 Å². The molecule has 0 bridgehead atoms. The molecule has 4 heteroatoms. The molecule has 0 fully saturated rings. The van der Waals surface area contributed by atoms with Crippen molar-refractivity contribution in [1.29, 1.82) is 0 Å². The van der Waals surface area contributed by atoms with Gasteiger partial charge in [0.25, 0.3) is 0 Å². The highest BCUT2D eigenvalue weighted by Gasteiger charge is 2.01. The van der Waals surface area contributed by atoms with Crippen molar-refractivity contribution >= 4 is 17.3 Å². The monoisotopic (exact) mass is 243 g/mol. The molecule has 0 aliphatic rings. The molecule has 0 aliphatic carbocycles. The number of nitrogens with one attached hydrogen (secondary N) is 1. The Morgan fingerprint density at radius 2 is 2.12 bits per heavy atom. The first-order valence-electron chi connectivity index (χ1n) is 5.33. The predicted octanol–water partition coefficient (Wildman–Crippen LogP) is 2.80. The second-order valence-electron chi connectivity index (χ2n) is 3.54. The molecule has 1 rings (SSSR count). The van der Waals surface area contributed by atoms with Gasteiger partial charge in [0.15, 0.2) is 0 Å². The van der Waals surface area contributed by atoms with Crippen molar-refractivity contribution in [3.05, 3.63) is 29.3 Å². The van der Waals surface area contributed by atoms with Gasteiger partial charge >= 0.3 is 0 Å². The Balaban J connectivity index is 2.19. The van der Waals surface area contributed by atoms with Crippen molar-refractivity contribution in [2.45, 2.75) is 13.0 Å². The van der Waals surface area contributed by atoms with E-state index in [0.29, 0.717) is 13.2 Å². The summed E-state index contributed by atoms with van der Waals surface area (Å²) in [7, 11) is 1.67. The lowest BCUT2D eigenvalue weighted by atomic mass is 10.3. The lowest BCUT2D eigenvalue weighted by Crippen LogP contribution is -2.19. The summed E-state index contributed by atoms with van der Waals surface area (Å²) in [6.07, 6.45) is 0.123. The van der Waals surface area contributed by atoms with E-state index in [4.69, 9.17) is 21.1 Å². The Morgan fingerprint density at radius 1 is 1.38 bits per heavy atom. The number of hydrogen-bond acceptors (Lipinski definition) is 3. The molecule has 1 aromatic carbocycles. The summed E-state index contributed by atoms with van der Waals surface area (Å²) in [6, 6.07) is 7.66. The van der Waals surface area contributed by atoms with Gasteiger partial charge in [-0.2, -0.15) is 0 Å². The summed E-state index contributed by atoms with van der Waals surface area (Å²) >= 11 is 5.99. The molecular weight excluding hydrogens is 226 g/mol. The van der Waals surface area contributed by atoms with E-state index < -0.39 is 0 Å². The fourth-order valence-electron chi connectivity index (χ4n) is 1.33. The Hall–Kier alpha value is -0.770. The van der Waals surface area contributed by atoms with E-state index in [0.717, 1.165) is 17.3 Å². The second kappa shape index (κ2) is 7.49. The van der Waals surface area contributed by atoms with Crippen LogP contribution in [0.2, 0.25) is 5.02 Å². The Bertz CT molecular complexity index is 307. The largest absolute Gasteiger partial charge is 0.382 e. The number of methoxy groups -OCH3 is 1. The highest BCUT2D eigenvalue weighted by molar-refractivity contribution is 6.33. The second-order valence-corrected chi connectivity index (χ2v) is 3.95. The van der Waals surface area contributed by atoms with Crippen LogP contribution in [-0.2, 0) is 9.47 Å². The Labute approximate surface area is 102 Å². The van der Waals surface area contributed by atoms with Crippen LogP contribution in [0, 0.1) is 0 Å². The van der Waals surface area contributed by atoms with E-state index in [9.17, 15) is 0 Å². The van der Waals surface area contributed by atoms with E-state index >= 15 is 0 Å². The summed E-state index contributed by atoms with van der Waals surface area (Å²) in [4.78, 5) is 0. The summed E-state index contributed by atoms with van der Waals surface area (Å²) in [5.74, 6) is 0. The SMILES string of the molecule is COCC(C)OCCNc1ccccc1Cl. The maximum atomic E-state index is 5.99. The minimum atomic E-state index is 0.123. The van der Waals surface area contributed by atoms with Crippen molar-refractivity contribution in [3.63, 3.8) is 0 Å². The van der Waals surface area contributed by atoms with Crippen LogP contribution in [0.1, 0.15) is 6.92 Å². The topological polar surface area (TPSA) is 30.5 Å². The molecule has 1 atom stereocenters. The van der Waals surface area contributed by atoms with Crippen molar-refractivity contribution in [2.24, 2.45) is 0 Å². The van der Waals surface area contributed by atoms with Gasteiger partial charge < -0.3 is 14.8 Å². The predicted molar refractivity (Wildman–Crippen MR) is 67.2 cm³/mol. The van der Waals surface area contributed by atoms with Gasteiger partial charge in [0.1, 0.15) is 0 Å². The van der Waals surface area contributed by atoms with E-state index in [1.54, 1.807) is 7.11 Å². The number of para-hydroxylation sites is 1. The highest BCUT2D eigenvalue weighted by atomic mass is 35.5. The average molecular weight is 244 g/mol. The molecule has 0 heterocycles. The first-order valence-corrected chi connectivity index (χ1v) is 5.70. The zero-order valence-electron chi connectivity index (χ0n) is 9.70. The fraction of sp³-hybridized carbons (Fsp3) is 0.500. The molecule has 0 radical (unpaired) electrons. The normalized spacial score (nSPS) is 12.4. The van der Waals surface area contributed by atoms with Crippen LogP contribution < -0.4 is 5.32 Å². The molecule has 0 saturated carbocycles. The zero-order valence-corrected chi connectivity index (χ0v) is 10.5. The van der Waals surface area contributed by atoms with Gasteiger partial charge in [-0.25, -0.2) is 0 Å². The molecule has 0 saturated heterocycles. The Kier molecular flexibility index (Phi) is 6.23. The van der Waals surface area contributed by atoms with E-state index in [-0.39, 0.29) is 6.10 Å². The van der Waals surface area contributed by atoms with E-state index in [1.807, 2.05) is 31.2 Å². The van der Waals surface area contributed by atoms with Gasteiger partial charge in [0.2, 0.25) is 0 Å². The third-order valence-corrected chi connectivity index (χ3v) is 2.42. The summed E-state index contributed by atoms with van der Waals surface area (Å²) in [5, 5.41) is 3.94. The van der Waals surface area contributed by atoms with Gasteiger partial charge in [-0.1, -0.05) is 23.7 Å². The molecule has 0 aromatic heterocycles. The lowest BCUT2D eigenvalue weighted by Gasteiger charge is -2.13. The molecule has 1 aromatic rings. The summed E-state index contributed by atoms with van der Waals surface area (Å²) in [5.41, 5.74) is 0.937. The summed E-state index contributed by atoms with van der Waals surface area (Å²) < 4.78 is 10.5. The van der Waals surface area contributed by atoms with Gasteiger partial charge in [-0.3, -0.25) is 0 Å². The fourth-order valence-corrected chi connectivity index (χ4v) is 1.54. The first-order chi connectivity index (χ1) is 7.74. The van der Waals surface area contributed by atoms with Gasteiger partial charge in [-0.15, -0.1) is 0 Å². The molecule has 16 heavy (non-hydrogen) atoms. The van der Waals surface area contributed by atoms with Crippen LogP contribution in [0.3, 0.4) is 0 Å². The molecule has 3 nitrogen and oxygen atoms in total. The zero-order chi connectivity index (χ0) is 11.8. The van der Waals surface area contributed by atoms with Crippen LogP contribution in [0.5, 0.6) is 0 Å². The molecule has 90 valence electrons. The van der Waals surface area contributed by atoms with Gasteiger partial charge in [0, 0.05) is 13.7 Å². The van der Waals surface area contributed by atoms with Crippen LogP contribution in [0.4, 0.5) is 5.69 Å². The number of benzene rings is 1. The van der Waals surface area contributed by atoms with Crippen molar-refractivity contribution in [3.8, 4) is 0 Å². The van der Waals surface area contributed by atoms with Crippen LogP contribution in [0.15, 0.2) is 24.3 Å². The van der Waals surface area contributed by atoms with Crippen molar-refractivity contribution < 1.29 is 9.47 Å². The molecule has 1 N–H and O–H groups in total. The molecule has 1 unspecified atom stereocenters. The molecule has 0 spiro atoms. The standard InChI is InChI=1S/C12H18ClNO2/c1-10(9-15-2)16-8-7-14-12-6-4-3-5-11(12)13/h3-6,10,14H,7-9H2,1-2H3. The smallest absolute Gasteiger partial charge is 0.0781 e.